The van der Waals surface area contributed by atoms with Gasteiger partial charge < -0.3 is 14.9 Å². The Morgan fingerprint density at radius 1 is 1.13 bits per heavy atom. The summed E-state index contributed by atoms with van der Waals surface area (Å²) in [5, 5.41) is 3.92. The summed E-state index contributed by atoms with van der Waals surface area (Å²) >= 11 is 0. The fourth-order valence-electron chi connectivity index (χ4n) is 2.92. The average Bonchev–Trinajstić information content (AvgIpc) is 3.07. The number of hydrogen-bond acceptors (Lipinski definition) is 4. The first-order valence-corrected chi connectivity index (χ1v) is 8.10. The fourth-order valence-corrected chi connectivity index (χ4v) is 2.92. The lowest BCUT2D eigenvalue weighted by Crippen LogP contribution is -2.30. The lowest BCUT2D eigenvalue weighted by molar-refractivity contribution is 0.0964. The van der Waals surface area contributed by atoms with Crippen molar-refractivity contribution in [1.82, 2.24) is 10.1 Å². The Kier molecular flexibility index (Phi) is 6.50. The molecule has 0 unspecified atom stereocenters. The maximum absolute atomic E-state index is 12.2. The van der Waals surface area contributed by atoms with Crippen LogP contribution in [0, 0.1) is 0 Å². The van der Waals surface area contributed by atoms with E-state index in [1.54, 1.807) is 6.07 Å². The third-order valence-electron chi connectivity index (χ3n) is 4.18. The molecule has 0 bridgehead atoms. The molecule has 2 aromatic rings. The van der Waals surface area contributed by atoms with E-state index in [-0.39, 0.29) is 11.3 Å². The molecule has 0 amide bonds. The molecular formula is C18H24N2O3. The SMILES string of the molecule is O.O=C(CCCN1CCCCC1)c1cc(-c2ccccc2)on1. The predicted molar refractivity (Wildman–Crippen MR) is 89.4 cm³/mol. The normalized spacial score (nSPS) is 15.1. The summed E-state index contributed by atoms with van der Waals surface area (Å²) in [5.41, 5.74) is 1.39. The number of hydrogen-bond donors (Lipinski definition) is 0. The third-order valence-corrected chi connectivity index (χ3v) is 4.18. The van der Waals surface area contributed by atoms with Crippen molar-refractivity contribution in [2.24, 2.45) is 0 Å². The molecule has 1 aliphatic rings. The fraction of sp³-hybridized carbons (Fsp3) is 0.444. The van der Waals surface area contributed by atoms with E-state index < -0.39 is 0 Å². The standard InChI is InChI=1S/C18H22N2O2.H2O/c21-17(10-7-13-20-11-5-2-6-12-20)16-14-18(22-19-16)15-8-3-1-4-9-15;/h1,3-4,8-9,14H,2,5-7,10-13H2;1H2. The molecule has 5 nitrogen and oxygen atoms in total. The highest BCUT2D eigenvalue weighted by molar-refractivity contribution is 5.94. The Hall–Kier alpha value is -1.98. The van der Waals surface area contributed by atoms with Gasteiger partial charge in [0.15, 0.2) is 11.5 Å². The summed E-state index contributed by atoms with van der Waals surface area (Å²) in [7, 11) is 0. The van der Waals surface area contributed by atoms with Gasteiger partial charge in [-0.1, -0.05) is 41.9 Å². The molecule has 0 aliphatic carbocycles. The Labute approximate surface area is 136 Å². The summed E-state index contributed by atoms with van der Waals surface area (Å²) in [6, 6.07) is 11.5. The zero-order chi connectivity index (χ0) is 15.2. The molecule has 1 saturated heterocycles. The van der Waals surface area contributed by atoms with Crippen LogP contribution in [-0.2, 0) is 0 Å². The van der Waals surface area contributed by atoms with Crippen LogP contribution in [0.1, 0.15) is 42.6 Å². The Morgan fingerprint density at radius 2 is 1.87 bits per heavy atom. The van der Waals surface area contributed by atoms with Gasteiger partial charge in [-0.25, -0.2) is 0 Å². The number of carbonyl (C=O) groups is 1. The van der Waals surface area contributed by atoms with E-state index in [9.17, 15) is 4.79 Å². The van der Waals surface area contributed by atoms with E-state index in [0.717, 1.165) is 18.5 Å². The summed E-state index contributed by atoms with van der Waals surface area (Å²) in [4.78, 5) is 14.6. The van der Waals surface area contributed by atoms with Gasteiger partial charge in [0.05, 0.1) is 0 Å². The van der Waals surface area contributed by atoms with Gasteiger partial charge >= 0.3 is 0 Å². The van der Waals surface area contributed by atoms with Crippen molar-refractivity contribution in [3.8, 4) is 11.3 Å². The van der Waals surface area contributed by atoms with Gasteiger partial charge in [0.25, 0.3) is 0 Å². The van der Waals surface area contributed by atoms with Gasteiger partial charge in [-0.05, 0) is 38.9 Å². The second-order valence-corrected chi connectivity index (χ2v) is 5.87. The van der Waals surface area contributed by atoms with Gasteiger partial charge in [0.2, 0.25) is 0 Å². The van der Waals surface area contributed by atoms with E-state index in [0.29, 0.717) is 17.9 Å². The molecule has 0 atom stereocenters. The largest absolute Gasteiger partial charge is 0.412 e. The van der Waals surface area contributed by atoms with Gasteiger partial charge in [-0.15, -0.1) is 0 Å². The molecule has 1 fully saturated rings. The zero-order valence-electron chi connectivity index (χ0n) is 13.3. The number of Topliss-reactive ketones (excluding diaryl/α,β-unsaturated/α-hetero) is 1. The number of rotatable bonds is 6. The highest BCUT2D eigenvalue weighted by Crippen LogP contribution is 2.20. The molecule has 0 radical (unpaired) electrons. The first kappa shape index (κ1) is 17.4. The van der Waals surface area contributed by atoms with Gasteiger partial charge in [0, 0.05) is 18.1 Å². The molecule has 2 N–H and O–H groups in total. The van der Waals surface area contributed by atoms with Crippen LogP contribution in [0.4, 0.5) is 0 Å². The predicted octanol–water partition coefficient (Wildman–Crippen LogP) is 2.97. The summed E-state index contributed by atoms with van der Waals surface area (Å²) in [6.45, 7) is 3.36. The molecule has 2 heterocycles. The van der Waals surface area contributed by atoms with Crippen molar-refractivity contribution in [3.63, 3.8) is 0 Å². The van der Waals surface area contributed by atoms with E-state index in [1.807, 2.05) is 30.3 Å². The Morgan fingerprint density at radius 3 is 2.61 bits per heavy atom. The molecule has 1 aromatic heterocycles. The lowest BCUT2D eigenvalue weighted by Gasteiger charge is -2.26. The van der Waals surface area contributed by atoms with Crippen LogP contribution in [0.5, 0.6) is 0 Å². The van der Waals surface area contributed by atoms with Crippen LogP contribution in [-0.4, -0.2) is 41.0 Å². The van der Waals surface area contributed by atoms with Crippen molar-refractivity contribution in [3.05, 3.63) is 42.1 Å². The van der Waals surface area contributed by atoms with Crippen molar-refractivity contribution < 1.29 is 14.8 Å². The van der Waals surface area contributed by atoms with E-state index in [1.165, 1.54) is 32.4 Å². The monoisotopic (exact) mass is 316 g/mol. The van der Waals surface area contributed by atoms with Gasteiger partial charge in [-0.2, -0.15) is 0 Å². The first-order valence-electron chi connectivity index (χ1n) is 8.10. The average molecular weight is 316 g/mol. The molecule has 0 saturated carbocycles. The molecule has 124 valence electrons. The van der Waals surface area contributed by atoms with Crippen LogP contribution in [0.25, 0.3) is 11.3 Å². The smallest absolute Gasteiger partial charge is 0.184 e. The lowest BCUT2D eigenvalue weighted by atomic mass is 10.1. The zero-order valence-corrected chi connectivity index (χ0v) is 13.3. The summed E-state index contributed by atoms with van der Waals surface area (Å²) in [5.74, 6) is 0.725. The minimum absolute atomic E-state index is 0. The molecule has 3 rings (SSSR count). The first-order chi connectivity index (χ1) is 10.8. The second-order valence-electron chi connectivity index (χ2n) is 5.87. The topological polar surface area (TPSA) is 77.8 Å². The Balaban J connectivity index is 0.00000192. The van der Waals surface area contributed by atoms with E-state index in [2.05, 4.69) is 10.1 Å². The van der Waals surface area contributed by atoms with E-state index >= 15 is 0 Å². The maximum Gasteiger partial charge on any atom is 0.184 e. The van der Waals surface area contributed by atoms with Crippen LogP contribution in [0.15, 0.2) is 40.9 Å². The molecular weight excluding hydrogens is 292 g/mol. The number of likely N-dealkylation sites (tertiary alicyclic amines) is 1. The van der Waals surface area contributed by atoms with Crippen LogP contribution < -0.4 is 0 Å². The summed E-state index contributed by atoms with van der Waals surface area (Å²) < 4.78 is 5.29. The number of carbonyl (C=O) groups excluding carboxylic acids is 1. The van der Waals surface area contributed by atoms with E-state index in [4.69, 9.17) is 4.52 Å². The van der Waals surface area contributed by atoms with Crippen molar-refractivity contribution in [2.45, 2.75) is 32.1 Å². The van der Waals surface area contributed by atoms with Crippen molar-refractivity contribution in [2.75, 3.05) is 19.6 Å². The maximum atomic E-state index is 12.2. The second kappa shape index (κ2) is 8.60. The van der Waals surface area contributed by atoms with Crippen molar-refractivity contribution in [1.29, 1.82) is 0 Å². The molecule has 23 heavy (non-hydrogen) atoms. The highest BCUT2D eigenvalue weighted by Gasteiger charge is 2.15. The molecule has 1 aromatic carbocycles. The van der Waals surface area contributed by atoms with Gasteiger partial charge in [-0.3, -0.25) is 4.79 Å². The number of piperidine rings is 1. The third kappa shape index (κ3) is 4.74. The number of nitrogens with zero attached hydrogens (tertiary/aromatic N) is 2. The van der Waals surface area contributed by atoms with Crippen molar-refractivity contribution >= 4 is 5.78 Å². The van der Waals surface area contributed by atoms with Gasteiger partial charge in [0.1, 0.15) is 5.69 Å². The number of benzene rings is 1. The highest BCUT2D eigenvalue weighted by atomic mass is 16.5. The number of ketones is 1. The molecule has 1 aliphatic heterocycles. The minimum Gasteiger partial charge on any atom is -0.412 e. The minimum atomic E-state index is 0. The summed E-state index contributed by atoms with van der Waals surface area (Å²) in [6.07, 6.45) is 5.36. The van der Waals surface area contributed by atoms with Crippen LogP contribution in [0.2, 0.25) is 0 Å². The van der Waals surface area contributed by atoms with Crippen LogP contribution in [0.3, 0.4) is 0 Å². The van der Waals surface area contributed by atoms with Crippen LogP contribution >= 0.6 is 0 Å². The quantitative estimate of drug-likeness (QED) is 0.768. The molecule has 5 heteroatoms. The molecule has 0 spiro atoms. The Bertz CT molecular complexity index is 604. The number of aromatic nitrogens is 1.